The fourth-order valence-electron chi connectivity index (χ4n) is 5.91. The highest BCUT2D eigenvalue weighted by Gasteiger charge is 2.26. The van der Waals surface area contributed by atoms with E-state index in [0.717, 1.165) is 30.9 Å². The van der Waals surface area contributed by atoms with Crippen molar-refractivity contribution in [1.29, 1.82) is 0 Å². The lowest BCUT2D eigenvalue weighted by atomic mass is 9.88. The molecule has 5 heteroatoms. The first kappa shape index (κ1) is 23.6. The summed E-state index contributed by atoms with van der Waals surface area (Å²) in [5.41, 5.74) is 7.82. The second kappa shape index (κ2) is 10.2. The number of carboxylic acid groups (broad SMARTS) is 1. The van der Waals surface area contributed by atoms with Crippen molar-refractivity contribution in [2.45, 2.75) is 56.9 Å². The zero-order valence-corrected chi connectivity index (χ0v) is 20.8. The van der Waals surface area contributed by atoms with Gasteiger partial charge in [0.2, 0.25) is 0 Å². The molecule has 2 aromatic carbocycles. The van der Waals surface area contributed by atoms with Crippen LogP contribution in [0.3, 0.4) is 0 Å². The van der Waals surface area contributed by atoms with Gasteiger partial charge in [0.05, 0.1) is 5.56 Å². The molecule has 1 aliphatic heterocycles. The molecule has 5 nitrogen and oxygen atoms in total. The van der Waals surface area contributed by atoms with Crippen LogP contribution in [0.2, 0.25) is 0 Å². The Kier molecular flexibility index (Phi) is 6.87. The Balaban J connectivity index is 1.33. The fourth-order valence-corrected chi connectivity index (χ4v) is 5.91. The molecule has 0 saturated heterocycles. The summed E-state index contributed by atoms with van der Waals surface area (Å²) in [6.45, 7) is 1.000. The molecule has 182 valence electrons. The van der Waals surface area contributed by atoms with Gasteiger partial charge in [0.15, 0.2) is 0 Å². The van der Waals surface area contributed by atoms with Gasteiger partial charge in [0.25, 0.3) is 0 Å². The number of anilines is 2. The van der Waals surface area contributed by atoms with Gasteiger partial charge in [-0.05, 0) is 97.7 Å². The first-order chi connectivity index (χ1) is 17.0. The maximum Gasteiger partial charge on any atom is 0.336 e. The number of aryl methyl sites for hydroxylation is 1. The number of hydrogen-bond donors (Lipinski definition) is 1. The second-order valence-electron chi connectivity index (χ2n) is 10.1. The molecule has 2 aliphatic rings. The zero-order chi connectivity index (χ0) is 24.4. The highest BCUT2D eigenvalue weighted by atomic mass is 16.4. The van der Waals surface area contributed by atoms with E-state index >= 15 is 0 Å². The van der Waals surface area contributed by atoms with Crippen LogP contribution in [0.15, 0.2) is 60.9 Å². The number of hydrogen-bond acceptors (Lipinski definition) is 4. The Morgan fingerprint density at radius 3 is 2.57 bits per heavy atom. The monoisotopic (exact) mass is 469 g/mol. The van der Waals surface area contributed by atoms with Gasteiger partial charge in [-0.25, -0.2) is 4.79 Å². The van der Waals surface area contributed by atoms with Crippen molar-refractivity contribution >= 4 is 17.3 Å². The van der Waals surface area contributed by atoms with Gasteiger partial charge >= 0.3 is 5.97 Å². The lowest BCUT2D eigenvalue weighted by Gasteiger charge is -2.35. The number of fused-ring (bicyclic) bond motifs is 1. The highest BCUT2D eigenvalue weighted by Crippen LogP contribution is 2.37. The predicted molar refractivity (Wildman–Crippen MR) is 141 cm³/mol. The van der Waals surface area contributed by atoms with E-state index in [9.17, 15) is 9.90 Å². The van der Waals surface area contributed by atoms with Gasteiger partial charge in [-0.1, -0.05) is 31.0 Å². The van der Waals surface area contributed by atoms with Crippen LogP contribution < -0.4 is 4.90 Å². The quantitative estimate of drug-likeness (QED) is 0.436. The molecule has 1 aliphatic carbocycles. The summed E-state index contributed by atoms with van der Waals surface area (Å²) >= 11 is 0. The molecular formula is C30H35N3O2. The molecule has 0 bridgehead atoms. The third kappa shape index (κ3) is 4.96. The molecular weight excluding hydrogens is 434 g/mol. The summed E-state index contributed by atoms with van der Waals surface area (Å²) in [5.74, 6) is -0.144. The third-order valence-electron chi connectivity index (χ3n) is 8.07. The van der Waals surface area contributed by atoms with E-state index in [2.05, 4.69) is 71.3 Å². The fraction of sp³-hybridized carbons (Fsp3) is 0.400. The maximum absolute atomic E-state index is 11.6. The van der Waals surface area contributed by atoms with Crippen molar-refractivity contribution in [3.8, 4) is 0 Å². The van der Waals surface area contributed by atoms with Gasteiger partial charge in [0.1, 0.15) is 0 Å². The van der Waals surface area contributed by atoms with Crippen molar-refractivity contribution < 1.29 is 9.90 Å². The first-order valence-corrected chi connectivity index (χ1v) is 12.8. The molecule has 5 rings (SSSR count). The molecule has 0 amide bonds. The van der Waals surface area contributed by atoms with E-state index in [0.29, 0.717) is 12.0 Å². The van der Waals surface area contributed by atoms with Crippen molar-refractivity contribution in [3.63, 3.8) is 0 Å². The van der Waals surface area contributed by atoms with Gasteiger partial charge in [0, 0.05) is 43.4 Å². The maximum atomic E-state index is 11.6. The molecule has 0 radical (unpaired) electrons. The van der Waals surface area contributed by atoms with E-state index in [1.807, 2.05) is 0 Å². The molecule has 1 saturated carbocycles. The van der Waals surface area contributed by atoms with Crippen LogP contribution in [0.4, 0.5) is 11.4 Å². The van der Waals surface area contributed by atoms with E-state index < -0.39 is 5.97 Å². The Bertz CT molecular complexity index is 1180. The number of aromatic nitrogens is 1. The van der Waals surface area contributed by atoms with Crippen LogP contribution in [-0.2, 0) is 12.8 Å². The standard InChI is InChI=1S/C30H35N3O2/c1-32-18-16-23-19-26(33(2)25-10-7-22(8-11-25)21-5-3-4-6-21)12-13-27(23)29(32)14-9-24-20-31-17-15-28(24)30(34)35/h7-8,10-13,15,17,19-21,29H,3-6,9,14,16,18H2,1-2H3,(H,34,35)/t29-/m1/s1. The smallest absolute Gasteiger partial charge is 0.336 e. The molecule has 0 unspecified atom stereocenters. The lowest BCUT2D eigenvalue weighted by Crippen LogP contribution is -2.32. The predicted octanol–water partition coefficient (Wildman–Crippen LogP) is 6.37. The van der Waals surface area contributed by atoms with E-state index in [4.69, 9.17) is 0 Å². The number of rotatable bonds is 7. The van der Waals surface area contributed by atoms with Gasteiger partial charge in [-0.2, -0.15) is 0 Å². The van der Waals surface area contributed by atoms with Crippen LogP contribution in [0.1, 0.15) is 76.7 Å². The van der Waals surface area contributed by atoms with Crippen LogP contribution in [0.25, 0.3) is 0 Å². The molecule has 35 heavy (non-hydrogen) atoms. The van der Waals surface area contributed by atoms with Crippen molar-refractivity contribution in [3.05, 3.63) is 88.7 Å². The average molecular weight is 470 g/mol. The third-order valence-corrected chi connectivity index (χ3v) is 8.07. The summed E-state index contributed by atoms with van der Waals surface area (Å²) in [6, 6.07) is 17.9. The number of carboxylic acids is 1. The highest BCUT2D eigenvalue weighted by molar-refractivity contribution is 5.89. The molecule has 2 heterocycles. The van der Waals surface area contributed by atoms with E-state index in [-0.39, 0.29) is 6.04 Å². The van der Waals surface area contributed by atoms with Crippen LogP contribution in [0.5, 0.6) is 0 Å². The van der Waals surface area contributed by atoms with E-state index in [1.165, 1.54) is 53.7 Å². The van der Waals surface area contributed by atoms with Crippen LogP contribution >= 0.6 is 0 Å². The average Bonchev–Trinajstić information content (AvgIpc) is 3.43. The molecule has 1 atom stereocenters. The largest absolute Gasteiger partial charge is 0.478 e. The Morgan fingerprint density at radius 2 is 1.83 bits per heavy atom. The molecule has 1 aromatic heterocycles. The molecule has 1 fully saturated rings. The normalized spacial score (nSPS) is 18.4. The SMILES string of the molecule is CN(c1ccc(C2CCCC2)cc1)c1ccc2c(c1)CCN(C)[C@@H]2CCc1cnccc1C(=O)O. The Morgan fingerprint density at radius 1 is 1.09 bits per heavy atom. The van der Waals surface area contributed by atoms with Crippen molar-refractivity contribution in [2.24, 2.45) is 0 Å². The molecule has 1 N–H and O–H groups in total. The number of pyridine rings is 1. The topological polar surface area (TPSA) is 56.7 Å². The number of likely N-dealkylation sites (N-methyl/N-ethyl adjacent to an activating group) is 1. The minimum Gasteiger partial charge on any atom is -0.478 e. The number of aromatic carboxylic acids is 1. The molecule has 3 aromatic rings. The number of benzene rings is 2. The Labute approximate surface area is 208 Å². The summed E-state index contributed by atoms with van der Waals surface area (Å²) in [4.78, 5) is 20.4. The van der Waals surface area contributed by atoms with Gasteiger partial charge < -0.3 is 10.0 Å². The Hall–Kier alpha value is -3.18. The van der Waals surface area contributed by atoms with Crippen molar-refractivity contribution in [1.82, 2.24) is 9.88 Å². The minimum absolute atomic E-state index is 0.269. The van der Waals surface area contributed by atoms with E-state index in [1.54, 1.807) is 18.5 Å². The van der Waals surface area contributed by atoms with Gasteiger partial charge in [-0.3, -0.25) is 9.88 Å². The molecule has 0 spiro atoms. The lowest BCUT2D eigenvalue weighted by molar-refractivity contribution is 0.0695. The van der Waals surface area contributed by atoms with Crippen LogP contribution in [-0.4, -0.2) is 41.6 Å². The number of nitrogens with zero attached hydrogens (tertiary/aromatic N) is 3. The number of carbonyl (C=O) groups is 1. The first-order valence-electron chi connectivity index (χ1n) is 12.8. The summed E-state index contributed by atoms with van der Waals surface area (Å²) in [5, 5.41) is 9.52. The minimum atomic E-state index is -0.885. The van der Waals surface area contributed by atoms with Gasteiger partial charge in [-0.15, -0.1) is 0 Å². The summed E-state index contributed by atoms with van der Waals surface area (Å²) in [6.07, 6.45) is 11.2. The zero-order valence-electron chi connectivity index (χ0n) is 20.8. The summed E-state index contributed by atoms with van der Waals surface area (Å²) in [7, 11) is 4.31. The second-order valence-corrected chi connectivity index (χ2v) is 10.1. The van der Waals surface area contributed by atoms with Crippen molar-refractivity contribution in [2.75, 3.05) is 25.5 Å². The van der Waals surface area contributed by atoms with Crippen LogP contribution in [0, 0.1) is 0 Å². The summed E-state index contributed by atoms with van der Waals surface area (Å²) < 4.78 is 0.